The molecule has 0 fully saturated rings. The molecule has 0 saturated heterocycles. The van der Waals surface area contributed by atoms with Crippen molar-refractivity contribution in [2.45, 2.75) is 19.3 Å². The number of ether oxygens (including phenoxy) is 2. The van der Waals surface area contributed by atoms with Crippen LogP contribution in [0.25, 0.3) is 11.1 Å². The largest absolute Gasteiger partial charge is 0.513 e. The van der Waals surface area contributed by atoms with Gasteiger partial charge in [-0.15, -0.1) is 0 Å². The number of carbonyl (C=O) groups excluding carboxylic acids is 1. The van der Waals surface area contributed by atoms with E-state index in [-0.39, 0.29) is 0 Å². The van der Waals surface area contributed by atoms with Gasteiger partial charge < -0.3 is 9.47 Å². The van der Waals surface area contributed by atoms with Crippen LogP contribution in [0.15, 0.2) is 109 Å². The number of aryl methyl sites for hydroxylation is 1. The first-order valence-corrected chi connectivity index (χ1v) is 10.6. The summed E-state index contributed by atoms with van der Waals surface area (Å²) in [6, 6.07) is 25.8. The number of rotatable bonds is 5. The lowest BCUT2D eigenvalue weighted by Crippen LogP contribution is -2.28. The highest BCUT2D eigenvalue weighted by Gasteiger charge is 2.45. The van der Waals surface area contributed by atoms with Gasteiger partial charge in [0.1, 0.15) is 5.76 Å². The molecule has 1 aliphatic carbocycles. The maximum atomic E-state index is 11.6. The third-order valence-electron chi connectivity index (χ3n) is 6.10. The second kappa shape index (κ2) is 8.72. The number of methoxy groups -OCH3 is 1. The summed E-state index contributed by atoms with van der Waals surface area (Å²) in [7, 11) is 1.28. The third kappa shape index (κ3) is 3.46. The molecular weight excluding hydrogens is 396 g/mol. The molecule has 3 heteroatoms. The van der Waals surface area contributed by atoms with Crippen LogP contribution in [0.2, 0.25) is 0 Å². The van der Waals surface area contributed by atoms with Crippen LogP contribution in [-0.2, 0) is 14.9 Å². The summed E-state index contributed by atoms with van der Waals surface area (Å²) < 4.78 is 9.80. The quantitative estimate of drug-likeness (QED) is 0.250. The minimum atomic E-state index is -0.771. The highest BCUT2D eigenvalue weighted by Crippen LogP contribution is 2.56. The zero-order valence-electron chi connectivity index (χ0n) is 18.6. The molecule has 0 saturated carbocycles. The fourth-order valence-electron chi connectivity index (χ4n) is 4.62. The molecule has 0 spiro atoms. The molecule has 0 aromatic heterocycles. The zero-order valence-corrected chi connectivity index (χ0v) is 18.6. The van der Waals surface area contributed by atoms with Gasteiger partial charge >= 0.3 is 6.16 Å². The van der Waals surface area contributed by atoms with Gasteiger partial charge in [0.25, 0.3) is 0 Å². The smallest absolute Gasteiger partial charge is 0.437 e. The van der Waals surface area contributed by atoms with E-state index in [9.17, 15) is 4.79 Å². The molecule has 3 aromatic carbocycles. The van der Waals surface area contributed by atoms with E-state index < -0.39 is 11.6 Å². The Morgan fingerprint density at radius 3 is 1.97 bits per heavy atom. The molecule has 0 amide bonds. The molecule has 4 rings (SSSR count). The number of hydrogen-bond donors (Lipinski definition) is 0. The van der Waals surface area contributed by atoms with Gasteiger partial charge in [-0.25, -0.2) is 4.79 Å². The molecule has 0 bridgehead atoms. The number of hydrogen-bond acceptors (Lipinski definition) is 3. The van der Waals surface area contributed by atoms with E-state index in [0.29, 0.717) is 5.76 Å². The molecule has 0 radical (unpaired) electrons. The fourth-order valence-corrected chi connectivity index (χ4v) is 4.62. The Labute approximate surface area is 189 Å². The molecular formula is C29H26O3. The van der Waals surface area contributed by atoms with Crippen molar-refractivity contribution in [1.82, 2.24) is 0 Å². The molecule has 0 atom stereocenters. The van der Waals surface area contributed by atoms with E-state index in [4.69, 9.17) is 4.74 Å². The predicted molar refractivity (Wildman–Crippen MR) is 128 cm³/mol. The minimum absolute atomic E-state index is 0.329. The van der Waals surface area contributed by atoms with Crippen molar-refractivity contribution in [2.24, 2.45) is 0 Å². The van der Waals surface area contributed by atoms with Gasteiger partial charge in [-0.05, 0) is 53.8 Å². The van der Waals surface area contributed by atoms with Crippen LogP contribution in [0, 0.1) is 6.92 Å². The van der Waals surface area contributed by atoms with Crippen molar-refractivity contribution in [3.63, 3.8) is 0 Å². The van der Waals surface area contributed by atoms with Crippen molar-refractivity contribution in [3.05, 3.63) is 131 Å². The summed E-state index contributed by atoms with van der Waals surface area (Å²) in [6.07, 6.45) is 4.49. The van der Waals surface area contributed by atoms with Crippen LogP contribution in [-0.4, -0.2) is 13.3 Å². The van der Waals surface area contributed by atoms with Crippen LogP contribution in [0.3, 0.4) is 0 Å². The van der Waals surface area contributed by atoms with Crippen molar-refractivity contribution in [1.29, 1.82) is 0 Å². The average molecular weight is 423 g/mol. The molecule has 1 aliphatic rings. The highest BCUT2D eigenvalue weighted by molar-refractivity contribution is 5.85. The molecule has 3 aromatic rings. The number of carbonyl (C=O) groups is 1. The van der Waals surface area contributed by atoms with Gasteiger partial charge in [-0.1, -0.05) is 96.6 Å². The van der Waals surface area contributed by atoms with E-state index in [1.54, 1.807) is 6.08 Å². The standard InChI is InChI=1S/C29H26O3/c1-5-23(32-28(30)31-4)19-16-21(3)29(22-17-14-20(2)15-18-22)26-12-8-6-10-24(26)25-11-7-9-13-27(25)29/h5-19H,1H2,2-4H3/b21-16+,23-19+. The van der Waals surface area contributed by atoms with E-state index in [0.717, 1.165) is 5.57 Å². The summed E-state index contributed by atoms with van der Waals surface area (Å²) in [6.45, 7) is 7.97. The Bertz CT molecular complexity index is 1180. The van der Waals surface area contributed by atoms with E-state index in [1.165, 1.54) is 46.6 Å². The van der Waals surface area contributed by atoms with Gasteiger partial charge in [-0.3, -0.25) is 0 Å². The van der Waals surface area contributed by atoms with Gasteiger partial charge in [0.05, 0.1) is 12.5 Å². The van der Waals surface area contributed by atoms with E-state index >= 15 is 0 Å². The van der Waals surface area contributed by atoms with Gasteiger partial charge in [0.2, 0.25) is 0 Å². The van der Waals surface area contributed by atoms with Crippen molar-refractivity contribution in [3.8, 4) is 11.1 Å². The van der Waals surface area contributed by atoms with Crippen LogP contribution in [0.1, 0.15) is 29.2 Å². The summed E-state index contributed by atoms with van der Waals surface area (Å²) in [5, 5.41) is 0. The minimum Gasteiger partial charge on any atom is -0.437 e. The molecule has 160 valence electrons. The lowest BCUT2D eigenvalue weighted by atomic mass is 9.67. The molecule has 0 heterocycles. The topological polar surface area (TPSA) is 35.5 Å². The number of benzene rings is 3. The van der Waals surface area contributed by atoms with Gasteiger partial charge in [-0.2, -0.15) is 0 Å². The number of allylic oxidation sites excluding steroid dienone is 4. The first kappa shape index (κ1) is 21.4. The van der Waals surface area contributed by atoms with E-state index in [1.807, 2.05) is 6.08 Å². The Kier molecular flexibility index (Phi) is 5.83. The molecule has 0 N–H and O–H groups in total. The Morgan fingerprint density at radius 2 is 1.44 bits per heavy atom. The Morgan fingerprint density at radius 1 is 0.875 bits per heavy atom. The highest BCUT2D eigenvalue weighted by atomic mass is 16.7. The first-order valence-electron chi connectivity index (χ1n) is 10.6. The van der Waals surface area contributed by atoms with Gasteiger partial charge in [0, 0.05) is 0 Å². The summed E-state index contributed by atoms with van der Waals surface area (Å²) in [5.41, 5.74) is 7.98. The Balaban J connectivity index is 1.98. The molecule has 0 unspecified atom stereocenters. The lowest BCUT2D eigenvalue weighted by molar-refractivity contribution is 0.0999. The van der Waals surface area contributed by atoms with Crippen LogP contribution < -0.4 is 0 Å². The van der Waals surface area contributed by atoms with Crippen LogP contribution >= 0.6 is 0 Å². The van der Waals surface area contributed by atoms with Gasteiger partial charge in [0.15, 0.2) is 0 Å². The molecule has 0 aliphatic heterocycles. The Hall–Kier alpha value is -3.85. The summed E-state index contributed by atoms with van der Waals surface area (Å²) >= 11 is 0. The van der Waals surface area contributed by atoms with Crippen molar-refractivity contribution < 1.29 is 14.3 Å². The third-order valence-corrected chi connectivity index (χ3v) is 6.10. The molecule has 3 nitrogen and oxygen atoms in total. The van der Waals surface area contributed by atoms with Crippen molar-refractivity contribution in [2.75, 3.05) is 7.11 Å². The predicted octanol–water partition coefficient (Wildman–Crippen LogP) is 7.11. The monoisotopic (exact) mass is 422 g/mol. The SMILES string of the molecule is C=C/C(=C\C=C(/C)C1(c2ccc(C)cc2)c2ccccc2-c2ccccc21)OC(=O)OC. The van der Waals surface area contributed by atoms with Crippen LogP contribution in [0.5, 0.6) is 0 Å². The fraction of sp³-hybridized carbons (Fsp3) is 0.138. The lowest BCUT2D eigenvalue weighted by Gasteiger charge is -2.34. The second-order valence-corrected chi connectivity index (χ2v) is 7.89. The normalized spacial score (nSPS) is 14.3. The molecule has 32 heavy (non-hydrogen) atoms. The second-order valence-electron chi connectivity index (χ2n) is 7.89. The zero-order chi connectivity index (χ0) is 22.7. The first-order chi connectivity index (χ1) is 15.5. The number of fused-ring (bicyclic) bond motifs is 3. The van der Waals surface area contributed by atoms with E-state index in [2.05, 4.69) is 98.0 Å². The average Bonchev–Trinajstić information content (AvgIpc) is 3.13. The summed E-state index contributed by atoms with van der Waals surface area (Å²) in [4.78, 5) is 11.6. The van der Waals surface area contributed by atoms with Crippen molar-refractivity contribution >= 4 is 6.16 Å². The summed E-state index contributed by atoms with van der Waals surface area (Å²) in [5.74, 6) is 0.329. The maximum absolute atomic E-state index is 11.6. The van der Waals surface area contributed by atoms with Crippen LogP contribution in [0.4, 0.5) is 4.79 Å². The maximum Gasteiger partial charge on any atom is 0.513 e.